The van der Waals surface area contributed by atoms with Gasteiger partial charge in [-0.15, -0.1) is 5.10 Å². The van der Waals surface area contributed by atoms with Gasteiger partial charge in [-0.2, -0.15) is 9.50 Å². The number of hydrogen-bond acceptors (Lipinski definition) is 4. The predicted octanol–water partition coefficient (Wildman–Crippen LogP) is 2.86. The number of carbonyl (C=O) groups is 1. The van der Waals surface area contributed by atoms with Crippen LogP contribution in [-0.4, -0.2) is 25.1 Å². The number of nitrogens with zero attached hydrogens (tertiary/aromatic N) is 4. The normalized spacial score (nSPS) is 11.1. The zero-order chi connectivity index (χ0) is 21.4. The fraction of sp³-hybridized carbons (Fsp3) is 0.143. The van der Waals surface area contributed by atoms with Crippen LogP contribution in [0.3, 0.4) is 0 Å². The fourth-order valence-corrected chi connectivity index (χ4v) is 3.15. The van der Waals surface area contributed by atoms with Crippen molar-refractivity contribution in [3.63, 3.8) is 0 Å². The number of anilines is 1. The van der Waals surface area contributed by atoms with Crippen molar-refractivity contribution < 1.29 is 13.6 Å². The van der Waals surface area contributed by atoms with E-state index in [-0.39, 0.29) is 17.7 Å². The molecule has 0 unspecified atom stereocenters. The molecule has 7 nitrogen and oxygen atoms in total. The van der Waals surface area contributed by atoms with Crippen LogP contribution < -0.4 is 10.9 Å². The summed E-state index contributed by atoms with van der Waals surface area (Å²) in [7, 11) is 1.71. The van der Waals surface area contributed by atoms with Crippen LogP contribution in [0.15, 0.2) is 53.3 Å². The summed E-state index contributed by atoms with van der Waals surface area (Å²) in [5.41, 5.74) is 0.671. The Hall–Kier alpha value is -3.88. The average molecular weight is 409 g/mol. The molecule has 4 rings (SSSR count). The SMILES string of the molecule is Cc1c(CC(=O)Nc2cc(F)ccc2F)c(=O)n2nc(-c3ccccc3)nc2n1C. The summed E-state index contributed by atoms with van der Waals surface area (Å²) in [6.07, 6.45) is -0.328. The maximum atomic E-state index is 13.8. The Balaban J connectivity index is 1.71. The lowest BCUT2D eigenvalue weighted by Gasteiger charge is -2.11. The van der Waals surface area contributed by atoms with Crippen molar-refractivity contribution in [2.24, 2.45) is 7.05 Å². The van der Waals surface area contributed by atoms with E-state index < -0.39 is 23.1 Å². The van der Waals surface area contributed by atoms with Gasteiger partial charge in [-0.25, -0.2) is 8.78 Å². The average Bonchev–Trinajstić information content (AvgIpc) is 3.19. The Labute approximate surface area is 169 Å². The van der Waals surface area contributed by atoms with Gasteiger partial charge in [-0.3, -0.25) is 9.59 Å². The van der Waals surface area contributed by atoms with E-state index in [2.05, 4.69) is 15.4 Å². The second-order valence-electron chi connectivity index (χ2n) is 6.79. The van der Waals surface area contributed by atoms with E-state index in [1.807, 2.05) is 30.3 Å². The number of rotatable bonds is 4. The van der Waals surface area contributed by atoms with Crippen molar-refractivity contribution in [1.82, 2.24) is 19.2 Å². The fourth-order valence-electron chi connectivity index (χ4n) is 3.15. The van der Waals surface area contributed by atoms with E-state index in [1.165, 1.54) is 0 Å². The zero-order valence-electron chi connectivity index (χ0n) is 16.2. The molecule has 0 aliphatic heterocycles. The lowest BCUT2D eigenvalue weighted by atomic mass is 10.1. The molecule has 152 valence electrons. The summed E-state index contributed by atoms with van der Waals surface area (Å²) in [5, 5.41) is 6.60. The first-order chi connectivity index (χ1) is 14.3. The minimum absolute atomic E-state index is 0.184. The zero-order valence-corrected chi connectivity index (χ0v) is 16.2. The van der Waals surface area contributed by atoms with Gasteiger partial charge in [0.05, 0.1) is 12.1 Å². The number of aromatic nitrogens is 4. The minimum Gasteiger partial charge on any atom is -0.323 e. The minimum atomic E-state index is -0.770. The van der Waals surface area contributed by atoms with Gasteiger partial charge in [0.2, 0.25) is 11.7 Å². The van der Waals surface area contributed by atoms with E-state index in [0.29, 0.717) is 17.3 Å². The monoisotopic (exact) mass is 409 g/mol. The molecule has 1 N–H and O–H groups in total. The summed E-state index contributed by atoms with van der Waals surface area (Å²) >= 11 is 0. The van der Waals surface area contributed by atoms with E-state index in [9.17, 15) is 18.4 Å². The Morgan fingerprint density at radius 2 is 1.87 bits per heavy atom. The summed E-state index contributed by atoms with van der Waals surface area (Å²) in [4.78, 5) is 29.9. The molecular formula is C21H17F2N5O2. The highest BCUT2D eigenvalue weighted by molar-refractivity contribution is 5.92. The Morgan fingerprint density at radius 3 is 2.60 bits per heavy atom. The topological polar surface area (TPSA) is 81.3 Å². The van der Waals surface area contributed by atoms with E-state index in [0.717, 1.165) is 28.3 Å². The number of fused-ring (bicyclic) bond motifs is 1. The van der Waals surface area contributed by atoms with E-state index in [4.69, 9.17) is 0 Å². The Bertz CT molecular complexity index is 1330. The third-order valence-electron chi connectivity index (χ3n) is 4.85. The van der Waals surface area contributed by atoms with Crippen molar-refractivity contribution in [1.29, 1.82) is 0 Å². The lowest BCUT2D eigenvalue weighted by Crippen LogP contribution is -2.28. The molecule has 0 bridgehead atoms. The smallest absolute Gasteiger partial charge is 0.279 e. The van der Waals surface area contributed by atoms with Crippen LogP contribution in [0.4, 0.5) is 14.5 Å². The summed E-state index contributed by atoms with van der Waals surface area (Å²) in [5.74, 6) is -1.39. The van der Waals surface area contributed by atoms with Gasteiger partial charge in [-0.05, 0) is 19.1 Å². The molecule has 0 atom stereocenters. The second kappa shape index (κ2) is 7.51. The number of benzene rings is 2. The Morgan fingerprint density at radius 1 is 1.13 bits per heavy atom. The van der Waals surface area contributed by atoms with Gasteiger partial charge in [0.1, 0.15) is 11.6 Å². The molecule has 0 aliphatic rings. The molecule has 0 radical (unpaired) electrons. The van der Waals surface area contributed by atoms with Crippen molar-refractivity contribution in [3.8, 4) is 11.4 Å². The quantitative estimate of drug-likeness (QED) is 0.562. The highest BCUT2D eigenvalue weighted by Crippen LogP contribution is 2.18. The molecule has 0 aliphatic carbocycles. The van der Waals surface area contributed by atoms with Gasteiger partial charge in [0, 0.05) is 29.9 Å². The molecule has 2 heterocycles. The molecule has 1 amide bonds. The molecule has 0 spiro atoms. The van der Waals surface area contributed by atoms with Gasteiger partial charge in [0.25, 0.3) is 5.56 Å². The molecule has 4 aromatic rings. The molecule has 9 heteroatoms. The molecule has 2 aromatic carbocycles. The predicted molar refractivity (Wildman–Crippen MR) is 107 cm³/mol. The number of amides is 1. The maximum Gasteiger partial charge on any atom is 0.279 e. The van der Waals surface area contributed by atoms with Crippen molar-refractivity contribution >= 4 is 17.4 Å². The molecule has 30 heavy (non-hydrogen) atoms. The molecular weight excluding hydrogens is 392 g/mol. The van der Waals surface area contributed by atoms with Crippen LogP contribution in [0.1, 0.15) is 11.3 Å². The highest BCUT2D eigenvalue weighted by atomic mass is 19.1. The molecule has 0 saturated carbocycles. The number of aryl methyl sites for hydroxylation is 1. The standard InChI is InChI=1S/C21H17F2N5O2/c1-12-15(11-18(29)24-17-10-14(22)8-9-16(17)23)20(30)28-21(27(12)2)25-19(26-28)13-6-4-3-5-7-13/h3-10H,11H2,1-2H3,(H,24,29). The van der Waals surface area contributed by atoms with Crippen LogP contribution in [0.5, 0.6) is 0 Å². The van der Waals surface area contributed by atoms with Crippen LogP contribution >= 0.6 is 0 Å². The number of halogens is 2. The van der Waals surface area contributed by atoms with E-state index in [1.54, 1.807) is 18.5 Å². The van der Waals surface area contributed by atoms with Gasteiger partial charge in [0.15, 0.2) is 5.82 Å². The first kappa shape index (κ1) is 19.4. The third kappa shape index (κ3) is 3.45. The maximum absolute atomic E-state index is 13.8. The molecule has 2 aromatic heterocycles. The van der Waals surface area contributed by atoms with Crippen LogP contribution in [0.25, 0.3) is 17.2 Å². The molecule has 0 saturated heterocycles. The highest BCUT2D eigenvalue weighted by Gasteiger charge is 2.19. The van der Waals surface area contributed by atoms with Gasteiger partial charge in [-0.1, -0.05) is 30.3 Å². The largest absolute Gasteiger partial charge is 0.323 e. The van der Waals surface area contributed by atoms with Gasteiger partial charge < -0.3 is 9.88 Å². The summed E-state index contributed by atoms with van der Waals surface area (Å²) in [6, 6.07) is 11.9. The van der Waals surface area contributed by atoms with Crippen molar-refractivity contribution in [2.45, 2.75) is 13.3 Å². The van der Waals surface area contributed by atoms with Crippen LogP contribution in [0.2, 0.25) is 0 Å². The number of carbonyl (C=O) groups excluding carboxylic acids is 1. The first-order valence-corrected chi connectivity index (χ1v) is 9.10. The first-order valence-electron chi connectivity index (χ1n) is 9.10. The number of nitrogens with one attached hydrogen (secondary N) is 1. The third-order valence-corrected chi connectivity index (χ3v) is 4.85. The summed E-state index contributed by atoms with van der Waals surface area (Å²) in [6.45, 7) is 1.68. The second-order valence-corrected chi connectivity index (χ2v) is 6.79. The Kier molecular flexibility index (Phi) is 4.86. The molecule has 0 fully saturated rings. The van der Waals surface area contributed by atoms with Crippen LogP contribution in [0, 0.1) is 18.6 Å². The summed E-state index contributed by atoms with van der Waals surface area (Å²) < 4.78 is 29.9. The number of hydrogen-bond donors (Lipinski definition) is 1. The van der Waals surface area contributed by atoms with E-state index >= 15 is 0 Å². The van der Waals surface area contributed by atoms with Crippen molar-refractivity contribution in [3.05, 3.63) is 81.8 Å². The van der Waals surface area contributed by atoms with Gasteiger partial charge >= 0.3 is 0 Å². The van der Waals surface area contributed by atoms with Crippen LogP contribution in [-0.2, 0) is 18.3 Å². The lowest BCUT2D eigenvalue weighted by molar-refractivity contribution is -0.115. The van der Waals surface area contributed by atoms with Crippen molar-refractivity contribution in [2.75, 3.05) is 5.32 Å².